The fraction of sp³-hybridized carbons (Fsp3) is 0.974. The summed E-state index contributed by atoms with van der Waals surface area (Å²) in [6.45, 7) is 5.01. The van der Waals surface area contributed by atoms with E-state index in [9.17, 15) is 19.8 Å². The number of hydrogen-bond donors (Lipinski definition) is 3. The second-order valence-corrected chi connectivity index (χ2v) is 27.4. The van der Waals surface area contributed by atoms with E-state index in [0.717, 1.165) is 38.5 Å². The first kappa shape index (κ1) is 82.9. The Hall–Kier alpha value is -1.14. The number of aliphatic hydroxyl groups excluding tert-OH is 2. The van der Waals surface area contributed by atoms with Gasteiger partial charge < -0.3 is 20.3 Å². The zero-order valence-electron chi connectivity index (χ0n) is 57.7. The van der Waals surface area contributed by atoms with E-state index in [4.69, 9.17) is 4.74 Å². The molecule has 0 aliphatic heterocycles. The van der Waals surface area contributed by atoms with Crippen molar-refractivity contribution in [1.29, 1.82) is 0 Å². The molecule has 0 fully saturated rings. The molecule has 0 saturated carbocycles. The first-order valence-corrected chi connectivity index (χ1v) is 39.3. The van der Waals surface area contributed by atoms with Crippen LogP contribution in [0.4, 0.5) is 0 Å². The van der Waals surface area contributed by atoms with E-state index < -0.39 is 12.1 Å². The van der Waals surface area contributed by atoms with Crippen molar-refractivity contribution in [3.63, 3.8) is 0 Å². The van der Waals surface area contributed by atoms with Crippen molar-refractivity contribution in [2.24, 2.45) is 0 Å². The van der Waals surface area contributed by atoms with Crippen LogP contribution in [0.2, 0.25) is 0 Å². The highest BCUT2D eigenvalue weighted by molar-refractivity contribution is 5.76. The van der Waals surface area contributed by atoms with E-state index in [1.54, 1.807) is 0 Å². The summed E-state index contributed by atoms with van der Waals surface area (Å²) in [6.07, 6.45) is 92.0. The molecular formula is C78H155NO5. The molecule has 3 N–H and O–H groups in total. The average Bonchev–Trinajstić information content (AvgIpc) is 3.50. The van der Waals surface area contributed by atoms with Gasteiger partial charge in [0.1, 0.15) is 0 Å². The molecule has 6 heteroatoms. The smallest absolute Gasteiger partial charge is 0.305 e. The normalized spacial score (nSPS) is 12.4. The molecule has 84 heavy (non-hydrogen) atoms. The number of esters is 1. The number of ether oxygens (including phenoxy) is 1. The van der Waals surface area contributed by atoms with Gasteiger partial charge in [0.05, 0.1) is 25.4 Å². The van der Waals surface area contributed by atoms with Gasteiger partial charge in [0.2, 0.25) is 5.91 Å². The van der Waals surface area contributed by atoms with Crippen LogP contribution in [-0.4, -0.2) is 47.4 Å². The molecule has 0 heterocycles. The Kier molecular flexibility index (Phi) is 73.3. The third kappa shape index (κ3) is 70.0. The average molecular weight is 1190 g/mol. The van der Waals surface area contributed by atoms with Gasteiger partial charge in [-0.2, -0.15) is 0 Å². The van der Waals surface area contributed by atoms with Gasteiger partial charge in [-0.25, -0.2) is 0 Å². The molecule has 0 aromatic heterocycles. The molecular weight excluding hydrogens is 1030 g/mol. The van der Waals surface area contributed by atoms with Crippen molar-refractivity contribution in [3.8, 4) is 0 Å². The Morgan fingerprint density at radius 1 is 0.286 bits per heavy atom. The Balaban J connectivity index is 3.32. The maximum atomic E-state index is 12.6. The predicted octanol–water partition coefficient (Wildman–Crippen LogP) is 25.7. The van der Waals surface area contributed by atoms with Gasteiger partial charge in [0.15, 0.2) is 0 Å². The molecule has 0 aliphatic carbocycles. The lowest BCUT2D eigenvalue weighted by Gasteiger charge is -2.22. The summed E-state index contributed by atoms with van der Waals surface area (Å²) in [5.41, 5.74) is 0. The lowest BCUT2D eigenvalue weighted by atomic mass is 10.0. The summed E-state index contributed by atoms with van der Waals surface area (Å²) < 4.78 is 5.48. The maximum Gasteiger partial charge on any atom is 0.305 e. The summed E-state index contributed by atoms with van der Waals surface area (Å²) in [5.74, 6) is -0.000999. The first-order valence-electron chi connectivity index (χ1n) is 39.3. The molecule has 0 saturated heterocycles. The van der Waals surface area contributed by atoms with Gasteiger partial charge in [0, 0.05) is 12.8 Å². The van der Waals surface area contributed by atoms with Crippen molar-refractivity contribution in [2.45, 2.75) is 475 Å². The summed E-state index contributed by atoms with van der Waals surface area (Å²) in [6, 6.07) is -0.538. The predicted molar refractivity (Wildman–Crippen MR) is 371 cm³/mol. The van der Waals surface area contributed by atoms with Crippen molar-refractivity contribution in [2.75, 3.05) is 13.2 Å². The van der Waals surface area contributed by atoms with E-state index in [0.29, 0.717) is 25.9 Å². The monoisotopic (exact) mass is 1190 g/mol. The Morgan fingerprint density at radius 2 is 0.488 bits per heavy atom. The summed E-state index contributed by atoms with van der Waals surface area (Å²) in [7, 11) is 0. The fourth-order valence-corrected chi connectivity index (χ4v) is 12.9. The largest absolute Gasteiger partial charge is 0.466 e. The van der Waals surface area contributed by atoms with Crippen LogP contribution in [0.5, 0.6) is 0 Å². The van der Waals surface area contributed by atoms with Crippen LogP contribution in [-0.2, 0) is 14.3 Å². The minimum atomic E-state index is -0.661. The molecule has 0 rings (SSSR count). The number of carbonyl (C=O) groups excluding carboxylic acids is 2. The quantitative estimate of drug-likeness (QED) is 0.0417. The van der Waals surface area contributed by atoms with Crippen LogP contribution in [0.25, 0.3) is 0 Å². The minimum absolute atomic E-state index is 0.0228. The fourth-order valence-electron chi connectivity index (χ4n) is 12.9. The number of carbonyl (C=O) groups is 2. The molecule has 2 atom stereocenters. The SMILES string of the molecule is CCCCCCCCCCCCCCCCCCCCCCCCCC(O)C(CO)NC(=O)CCCCCCCCCCCCCCCCCCCCCCCCCCCCCCCCCCCOC(=O)CCCCCCCCCCCCC. The zero-order valence-corrected chi connectivity index (χ0v) is 57.7. The molecule has 0 aromatic carbocycles. The van der Waals surface area contributed by atoms with E-state index in [-0.39, 0.29) is 18.5 Å². The minimum Gasteiger partial charge on any atom is -0.466 e. The van der Waals surface area contributed by atoms with E-state index in [1.807, 2.05) is 0 Å². The van der Waals surface area contributed by atoms with Gasteiger partial charge in [-0.1, -0.05) is 425 Å². The van der Waals surface area contributed by atoms with Crippen LogP contribution < -0.4 is 5.32 Å². The standard InChI is InChI=1S/C78H155NO5/c1-3-5-7-9-11-13-15-16-17-18-19-20-32-35-38-41-44-47-51-54-58-62-66-70-76(81)75(74-80)79-77(82)71-67-63-59-55-52-48-45-42-39-36-33-30-28-26-24-22-21-23-25-27-29-31-34-37-40-43-46-49-53-57-61-65-69-73-84-78(83)72-68-64-60-56-50-14-12-10-8-6-4-2/h75-76,80-81H,3-74H2,1-2H3,(H,79,82). The van der Waals surface area contributed by atoms with E-state index >= 15 is 0 Å². The van der Waals surface area contributed by atoms with Crippen molar-refractivity contribution in [1.82, 2.24) is 5.32 Å². The van der Waals surface area contributed by atoms with Crippen LogP contribution in [0.15, 0.2) is 0 Å². The Bertz CT molecular complexity index is 1230. The highest BCUT2D eigenvalue weighted by atomic mass is 16.5. The van der Waals surface area contributed by atoms with Gasteiger partial charge in [0.25, 0.3) is 0 Å². The van der Waals surface area contributed by atoms with Gasteiger partial charge in [-0.3, -0.25) is 9.59 Å². The highest BCUT2D eigenvalue weighted by Crippen LogP contribution is 2.21. The third-order valence-electron chi connectivity index (χ3n) is 18.9. The molecule has 0 radical (unpaired) electrons. The van der Waals surface area contributed by atoms with Crippen molar-refractivity contribution in [3.05, 3.63) is 0 Å². The summed E-state index contributed by atoms with van der Waals surface area (Å²) in [4.78, 5) is 24.6. The Labute approximate surface area is 527 Å². The molecule has 502 valence electrons. The lowest BCUT2D eigenvalue weighted by Crippen LogP contribution is -2.45. The van der Waals surface area contributed by atoms with Crippen molar-refractivity contribution >= 4 is 11.9 Å². The number of amides is 1. The highest BCUT2D eigenvalue weighted by Gasteiger charge is 2.20. The maximum absolute atomic E-state index is 12.6. The topological polar surface area (TPSA) is 95.9 Å². The number of aliphatic hydroxyl groups is 2. The van der Waals surface area contributed by atoms with Gasteiger partial charge in [-0.15, -0.1) is 0 Å². The van der Waals surface area contributed by atoms with Crippen LogP contribution in [0, 0.1) is 0 Å². The Morgan fingerprint density at radius 3 is 0.726 bits per heavy atom. The molecule has 6 nitrogen and oxygen atoms in total. The van der Waals surface area contributed by atoms with Crippen molar-refractivity contribution < 1.29 is 24.5 Å². The number of rotatable bonds is 75. The van der Waals surface area contributed by atoms with Gasteiger partial charge in [-0.05, 0) is 25.7 Å². The molecule has 0 spiro atoms. The van der Waals surface area contributed by atoms with E-state index in [1.165, 1.54) is 392 Å². The van der Waals surface area contributed by atoms with Crippen LogP contribution >= 0.6 is 0 Å². The zero-order chi connectivity index (χ0) is 60.6. The molecule has 0 aromatic rings. The van der Waals surface area contributed by atoms with E-state index in [2.05, 4.69) is 19.2 Å². The molecule has 0 bridgehead atoms. The molecule has 1 amide bonds. The summed E-state index contributed by atoms with van der Waals surface area (Å²) >= 11 is 0. The molecule has 2 unspecified atom stereocenters. The van der Waals surface area contributed by atoms with Crippen LogP contribution in [0.1, 0.15) is 463 Å². The first-order chi connectivity index (χ1) is 41.5. The second kappa shape index (κ2) is 74.3. The van der Waals surface area contributed by atoms with Gasteiger partial charge >= 0.3 is 5.97 Å². The van der Waals surface area contributed by atoms with Crippen LogP contribution in [0.3, 0.4) is 0 Å². The number of unbranched alkanes of at least 4 members (excludes halogenated alkanes) is 64. The number of hydrogen-bond acceptors (Lipinski definition) is 5. The lowest BCUT2D eigenvalue weighted by molar-refractivity contribution is -0.143. The summed E-state index contributed by atoms with van der Waals surface area (Å²) in [5, 5.41) is 23.5. The second-order valence-electron chi connectivity index (χ2n) is 27.4. The number of nitrogens with one attached hydrogen (secondary N) is 1. The third-order valence-corrected chi connectivity index (χ3v) is 18.9. The molecule has 0 aliphatic rings.